The fourth-order valence-electron chi connectivity index (χ4n) is 4.15. The van der Waals surface area contributed by atoms with Gasteiger partial charge in [-0.2, -0.15) is 0 Å². The molecule has 0 radical (unpaired) electrons. The molecule has 1 heteroatoms. The van der Waals surface area contributed by atoms with Gasteiger partial charge in [0.15, 0.2) is 0 Å². The van der Waals surface area contributed by atoms with Crippen LogP contribution in [0.15, 0.2) is 126 Å². The molecule has 0 spiro atoms. The number of benzene rings is 3. The zero-order valence-electron chi connectivity index (χ0n) is 16.3. The van der Waals surface area contributed by atoms with E-state index in [0.29, 0.717) is 0 Å². The lowest BCUT2D eigenvalue weighted by Gasteiger charge is -2.06. The number of fused-ring (bicyclic) bond motifs is 3. The van der Waals surface area contributed by atoms with Crippen LogP contribution in [0.2, 0.25) is 0 Å². The third kappa shape index (κ3) is 3.36. The molecular formula is C28H23N. The molecule has 0 bridgehead atoms. The number of para-hydroxylation sites is 3. The molecule has 2 aliphatic carbocycles. The SMILES string of the molecule is C1=CCC(C2=CC=CC2)=C1.c1ccc(-n2c3ccccc3c3ccccc32)cc1. The van der Waals surface area contributed by atoms with Crippen LogP contribution >= 0.6 is 0 Å². The van der Waals surface area contributed by atoms with Gasteiger partial charge in [0.1, 0.15) is 0 Å². The Hall–Kier alpha value is -3.58. The maximum absolute atomic E-state index is 2.32. The highest BCUT2D eigenvalue weighted by Crippen LogP contribution is 2.31. The highest BCUT2D eigenvalue weighted by Gasteiger charge is 2.10. The van der Waals surface area contributed by atoms with Gasteiger partial charge in [0.05, 0.1) is 11.0 Å². The van der Waals surface area contributed by atoms with Gasteiger partial charge in [-0.15, -0.1) is 0 Å². The van der Waals surface area contributed by atoms with E-state index < -0.39 is 0 Å². The quantitative estimate of drug-likeness (QED) is 0.342. The molecular weight excluding hydrogens is 350 g/mol. The molecule has 0 atom stereocenters. The second-order valence-electron chi connectivity index (χ2n) is 7.35. The average Bonchev–Trinajstić information content (AvgIpc) is 3.54. The predicted molar refractivity (Wildman–Crippen MR) is 124 cm³/mol. The van der Waals surface area contributed by atoms with Crippen molar-refractivity contribution in [2.75, 3.05) is 0 Å². The molecule has 1 heterocycles. The number of allylic oxidation sites excluding steroid dienone is 8. The molecule has 0 aliphatic heterocycles. The van der Waals surface area contributed by atoms with Crippen LogP contribution in [0.3, 0.4) is 0 Å². The minimum Gasteiger partial charge on any atom is -0.309 e. The van der Waals surface area contributed by atoms with Crippen molar-refractivity contribution in [2.24, 2.45) is 0 Å². The van der Waals surface area contributed by atoms with Crippen LogP contribution in [0.4, 0.5) is 0 Å². The molecule has 0 amide bonds. The molecule has 1 nitrogen and oxygen atoms in total. The summed E-state index contributed by atoms with van der Waals surface area (Å²) >= 11 is 0. The molecule has 3 aromatic carbocycles. The summed E-state index contributed by atoms with van der Waals surface area (Å²) in [5, 5.41) is 2.61. The first-order valence-corrected chi connectivity index (χ1v) is 10.2. The van der Waals surface area contributed by atoms with Gasteiger partial charge in [0.25, 0.3) is 0 Å². The Morgan fingerprint density at radius 3 is 1.48 bits per heavy atom. The van der Waals surface area contributed by atoms with Crippen molar-refractivity contribution in [1.29, 1.82) is 0 Å². The lowest BCUT2D eigenvalue weighted by Crippen LogP contribution is -1.92. The topological polar surface area (TPSA) is 4.93 Å². The van der Waals surface area contributed by atoms with Crippen molar-refractivity contribution < 1.29 is 0 Å². The van der Waals surface area contributed by atoms with Gasteiger partial charge in [-0.3, -0.25) is 0 Å². The van der Waals surface area contributed by atoms with Gasteiger partial charge in [0, 0.05) is 16.5 Å². The van der Waals surface area contributed by atoms with Crippen molar-refractivity contribution in [2.45, 2.75) is 12.8 Å². The highest BCUT2D eigenvalue weighted by molar-refractivity contribution is 6.09. The summed E-state index contributed by atoms with van der Waals surface area (Å²) in [6, 6.07) is 27.7. The molecule has 0 saturated carbocycles. The van der Waals surface area contributed by atoms with E-state index in [2.05, 4.69) is 120 Å². The average molecular weight is 373 g/mol. The van der Waals surface area contributed by atoms with E-state index >= 15 is 0 Å². The fraction of sp³-hybridized carbons (Fsp3) is 0.0714. The number of hydrogen-bond acceptors (Lipinski definition) is 0. The van der Waals surface area contributed by atoms with Gasteiger partial charge in [-0.05, 0) is 48.3 Å². The van der Waals surface area contributed by atoms with E-state index in [4.69, 9.17) is 0 Å². The van der Waals surface area contributed by atoms with E-state index in [9.17, 15) is 0 Å². The zero-order valence-corrected chi connectivity index (χ0v) is 16.3. The van der Waals surface area contributed by atoms with E-state index in [0.717, 1.165) is 12.8 Å². The Bertz CT molecular complexity index is 1200. The third-order valence-electron chi connectivity index (χ3n) is 5.55. The standard InChI is InChI=1S/C18H13N.C10H10/c1-2-8-14(9-3-1)19-17-12-6-4-10-15(17)16-11-5-7-13-18(16)19;1-2-6-9(5-1)10-7-3-4-8-10/h1-13H;1-5,7H,6,8H2. The van der Waals surface area contributed by atoms with E-state index in [-0.39, 0.29) is 0 Å². The van der Waals surface area contributed by atoms with Crippen molar-refractivity contribution in [3.05, 3.63) is 126 Å². The lowest BCUT2D eigenvalue weighted by molar-refractivity contribution is 1.18. The van der Waals surface area contributed by atoms with Crippen molar-refractivity contribution >= 4 is 21.8 Å². The molecule has 2 aliphatic rings. The van der Waals surface area contributed by atoms with E-state index in [1.54, 1.807) is 0 Å². The molecule has 0 N–H and O–H groups in total. The first-order chi connectivity index (χ1) is 14.4. The minimum absolute atomic E-state index is 1.13. The molecule has 1 aromatic heterocycles. The summed E-state index contributed by atoms with van der Waals surface area (Å²) in [6.07, 6.45) is 15.4. The molecule has 4 aromatic rings. The summed E-state index contributed by atoms with van der Waals surface area (Å²) < 4.78 is 2.32. The van der Waals surface area contributed by atoms with Crippen LogP contribution in [-0.4, -0.2) is 4.57 Å². The van der Waals surface area contributed by atoms with Gasteiger partial charge in [0.2, 0.25) is 0 Å². The monoisotopic (exact) mass is 373 g/mol. The Morgan fingerprint density at radius 2 is 1.00 bits per heavy atom. The Morgan fingerprint density at radius 1 is 0.517 bits per heavy atom. The Labute approximate surface area is 171 Å². The minimum atomic E-state index is 1.13. The summed E-state index contributed by atoms with van der Waals surface area (Å²) in [7, 11) is 0. The summed E-state index contributed by atoms with van der Waals surface area (Å²) in [5.74, 6) is 0. The number of rotatable bonds is 2. The van der Waals surface area contributed by atoms with Gasteiger partial charge < -0.3 is 4.57 Å². The van der Waals surface area contributed by atoms with Crippen LogP contribution in [0.25, 0.3) is 27.5 Å². The summed E-state index contributed by atoms with van der Waals surface area (Å²) in [6.45, 7) is 0. The first kappa shape index (κ1) is 17.5. The lowest BCUT2D eigenvalue weighted by atomic mass is 10.1. The predicted octanol–water partition coefficient (Wildman–Crippen LogP) is 7.54. The second-order valence-corrected chi connectivity index (χ2v) is 7.35. The van der Waals surface area contributed by atoms with Crippen molar-refractivity contribution in [3.63, 3.8) is 0 Å². The molecule has 0 saturated heterocycles. The van der Waals surface area contributed by atoms with Gasteiger partial charge in [-0.1, -0.05) is 91.1 Å². The normalized spacial score (nSPS) is 14.8. The van der Waals surface area contributed by atoms with Crippen molar-refractivity contribution in [3.8, 4) is 5.69 Å². The molecule has 0 fully saturated rings. The fourth-order valence-corrected chi connectivity index (χ4v) is 4.15. The first-order valence-electron chi connectivity index (χ1n) is 10.2. The molecule has 29 heavy (non-hydrogen) atoms. The maximum atomic E-state index is 2.32. The van der Waals surface area contributed by atoms with Crippen molar-refractivity contribution in [1.82, 2.24) is 4.57 Å². The Balaban J connectivity index is 0.000000153. The van der Waals surface area contributed by atoms with Crippen LogP contribution in [-0.2, 0) is 0 Å². The number of nitrogens with zero attached hydrogens (tertiary/aromatic N) is 1. The third-order valence-corrected chi connectivity index (χ3v) is 5.55. The highest BCUT2D eigenvalue weighted by atomic mass is 15.0. The largest absolute Gasteiger partial charge is 0.309 e. The molecule has 0 unspecified atom stereocenters. The maximum Gasteiger partial charge on any atom is 0.0541 e. The Kier molecular flexibility index (Phi) is 4.72. The van der Waals surface area contributed by atoms with Gasteiger partial charge in [-0.25, -0.2) is 0 Å². The van der Waals surface area contributed by atoms with Crippen LogP contribution < -0.4 is 0 Å². The van der Waals surface area contributed by atoms with Crippen LogP contribution in [0.1, 0.15) is 12.8 Å². The number of aromatic nitrogens is 1. The van der Waals surface area contributed by atoms with E-state index in [1.807, 2.05) is 0 Å². The molecule has 140 valence electrons. The zero-order chi connectivity index (χ0) is 19.5. The molecule has 6 rings (SSSR count). The van der Waals surface area contributed by atoms with Crippen LogP contribution in [0.5, 0.6) is 0 Å². The summed E-state index contributed by atoms with van der Waals surface area (Å²) in [4.78, 5) is 0. The van der Waals surface area contributed by atoms with E-state index in [1.165, 1.54) is 38.6 Å². The smallest absolute Gasteiger partial charge is 0.0541 e. The number of hydrogen-bond donors (Lipinski definition) is 0. The van der Waals surface area contributed by atoms with Crippen LogP contribution in [0, 0.1) is 0 Å². The summed E-state index contributed by atoms with van der Waals surface area (Å²) in [5.41, 5.74) is 6.71. The second kappa shape index (κ2) is 7.81. The van der Waals surface area contributed by atoms with Gasteiger partial charge >= 0.3 is 0 Å².